The van der Waals surface area contributed by atoms with Gasteiger partial charge in [-0.3, -0.25) is 0 Å². The van der Waals surface area contributed by atoms with Crippen molar-refractivity contribution in [1.29, 1.82) is 0 Å². The third kappa shape index (κ3) is 4.28. The van der Waals surface area contributed by atoms with Crippen molar-refractivity contribution < 1.29 is 19.4 Å². The maximum Gasteiger partial charge on any atom is 0.338 e. The van der Waals surface area contributed by atoms with Gasteiger partial charge >= 0.3 is 5.97 Å². The molecule has 1 unspecified atom stereocenters. The first-order valence-electron chi connectivity index (χ1n) is 11.1. The van der Waals surface area contributed by atoms with Gasteiger partial charge in [0.1, 0.15) is 11.1 Å². The number of carbonyl (C=O) groups is 1. The summed E-state index contributed by atoms with van der Waals surface area (Å²) in [5.74, 6) is -0.162. The number of aromatic hydroxyl groups is 1. The number of benzene rings is 3. The second-order valence-corrected chi connectivity index (χ2v) is 8.75. The van der Waals surface area contributed by atoms with E-state index in [2.05, 4.69) is 0 Å². The number of amidine groups is 1. The summed E-state index contributed by atoms with van der Waals surface area (Å²) in [6, 6.07) is 23.8. The average Bonchev–Trinajstić information content (AvgIpc) is 3.33. The summed E-state index contributed by atoms with van der Waals surface area (Å²) < 4.78 is 10.9. The fraction of sp³-hybridized carbons (Fsp3) is 0.148. The Kier molecular flexibility index (Phi) is 6.29. The van der Waals surface area contributed by atoms with E-state index in [-0.39, 0.29) is 12.4 Å². The predicted molar refractivity (Wildman–Crippen MR) is 137 cm³/mol. The van der Waals surface area contributed by atoms with Crippen LogP contribution in [0.1, 0.15) is 29.7 Å². The lowest BCUT2D eigenvalue weighted by Crippen LogP contribution is -2.34. The molecular weight excluding hydrogens is 462 g/mol. The van der Waals surface area contributed by atoms with Crippen molar-refractivity contribution in [2.45, 2.75) is 13.0 Å². The first-order chi connectivity index (χ1) is 17.1. The topological polar surface area (TPSA) is 83.7 Å². The number of phenols is 1. The number of thioether (sulfide) groups is 1. The number of phenolic OH excluding ortho intramolecular Hbond substituents is 1. The minimum Gasteiger partial charge on any atom is -0.504 e. The number of hydrogen-bond donors (Lipinski definition) is 1. The lowest BCUT2D eigenvalue weighted by molar-refractivity contribution is -0.139. The quantitative estimate of drug-likeness (QED) is 0.484. The van der Waals surface area contributed by atoms with Crippen LogP contribution in [0.4, 0.5) is 0 Å². The van der Waals surface area contributed by atoms with Gasteiger partial charge in [0.15, 0.2) is 16.7 Å². The van der Waals surface area contributed by atoms with Gasteiger partial charge < -0.3 is 14.6 Å². The number of fused-ring (bicyclic) bond motifs is 1. The van der Waals surface area contributed by atoms with Gasteiger partial charge in [-0.1, -0.05) is 66.7 Å². The predicted octanol–water partition coefficient (Wildman–Crippen LogP) is 5.20. The largest absolute Gasteiger partial charge is 0.504 e. The molecule has 0 fully saturated rings. The number of hydrazone groups is 1. The Hall–Kier alpha value is -4.04. The molecule has 0 spiro atoms. The number of carbonyl (C=O) groups excluding carboxylic acids is 1. The molecule has 7 nitrogen and oxygen atoms in total. The van der Waals surface area contributed by atoms with Crippen LogP contribution in [0.5, 0.6) is 11.5 Å². The van der Waals surface area contributed by atoms with Crippen LogP contribution in [-0.2, 0) is 9.53 Å². The summed E-state index contributed by atoms with van der Waals surface area (Å²) in [7, 11) is 1.49. The molecule has 0 radical (unpaired) electrons. The van der Waals surface area contributed by atoms with Gasteiger partial charge in [0.25, 0.3) is 0 Å². The number of ether oxygens (including phenoxy) is 2. The minimum absolute atomic E-state index is 0.00942. The Morgan fingerprint density at radius 3 is 2.37 bits per heavy atom. The van der Waals surface area contributed by atoms with Gasteiger partial charge in [-0.15, -0.1) is 0 Å². The van der Waals surface area contributed by atoms with E-state index in [0.29, 0.717) is 27.8 Å². The zero-order valence-corrected chi connectivity index (χ0v) is 20.0. The normalized spacial score (nSPS) is 17.0. The highest BCUT2D eigenvalue weighted by molar-refractivity contribution is 8.27. The molecule has 2 aliphatic heterocycles. The Balaban J connectivity index is 1.73. The highest BCUT2D eigenvalue weighted by Gasteiger charge is 2.42. The number of esters is 1. The molecule has 35 heavy (non-hydrogen) atoms. The molecular formula is C27H23N3O4S. The van der Waals surface area contributed by atoms with E-state index in [9.17, 15) is 9.90 Å². The lowest BCUT2D eigenvalue weighted by Gasteiger charge is -2.32. The van der Waals surface area contributed by atoms with Gasteiger partial charge in [0, 0.05) is 11.1 Å². The van der Waals surface area contributed by atoms with Crippen LogP contribution in [0.25, 0.3) is 5.70 Å². The number of aliphatic imine (C=N–C) groups is 1. The van der Waals surface area contributed by atoms with Crippen LogP contribution in [0, 0.1) is 0 Å². The van der Waals surface area contributed by atoms with E-state index in [4.69, 9.17) is 19.6 Å². The summed E-state index contributed by atoms with van der Waals surface area (Å²) in [5, 5.41) is 18.2. The zero-order valence-electron chi connectivity index (χ0n) is 19.2. The summed E-state index contributed by atoms with van der Waals surface area (Å²) in [6.45, 7) is 1.99. The van der Waals surface area contributed by atoms with E-state index in [0.717, 1.165) is 16.2 Å². The van der Waals surface area contributed by atoms with Crippen molar-refractivity contribution in [3.05, 3.63) is 101 Å². The van der Waals surface area contributed by atoms with E-state index in [1.165, 1.54) is 18.9 Å². The molecule has 2 heterocycles. The smallest absolute Gasteiger partial charge is 0.338 e. The van der Waals surface area contributed by atoms with Gasteiger partial charge in [0.2, 0.25) is 0 Å². The van der Waals surface area contributed by atoms with Crippen LogP contribution in [0.3, 0.4) is 0 Å². The monoisotopic (exact) mass is 485 g/mol. The number of rotatable bonds is 6. The zero-order chi connectivity index (χ0) is 24.4. The Labute approximate surface area is 207 Å². The average molecular weight is 486 g/mol. The molecule has 3 aromatic rings. The summed E-state index contributed by atoms with van der Waals surface area (Å²) >= 11 is 1.44. The van der Waals surface area contributed by atoms with Crippen LogP contribution in [-0.4, -0.2) is 40.0 Å². The molecule has 2 aliphatic rings. The van der Waals surface area contributed by atoms with Gasteiger partial charge in [-0.2, -0.15) is 5.10 Å². The second-order valence-electron chi connectivity index (χ2n) is 7.79. The third-order valence-electron chi connectivity index (χ3n) is 5.65. The second kappa shape index (κ2) is 9.68. The molecule has 0 amide bonds. The molecule has 1 N–H and O–H groups in total. The molecule has 176 valence electrons. The third-order valence-corrected chi connectivity index (χ3v) is 6.62. The Morgan fingerprint density at radius 2 is 1.71 bits per heavy atom. The first kappa shape index (κ1) is 22.7. The minimum atomic E-state index is -0.639. The van der Waals surface area contributed by atoms with E-state index < -0.39 is 12.0 Å². The highest BCUT2D eigenvalue weighted by Crippen LogP contribution is 2.46. The Morgan fingerprint density at radius 1 is 1.03 bits per heavy atom. The van der Waals surface area contributed by atoms with Crippen molar-refractivity contribution in [2.75, 3.05) is 13.7 Å². The molecule has 8 heteroatoms. The summed E-state index contributed by atoms with van der Waals surface area (Å²) in [5.41, 5.74) is 3.36. The molecule has 0 aliphatic carbocycles. The maximum atomic E-state index is 13.4. The highest BCUT2D eigenvalue weighted by atomic mass is 32.2. The fourth-order valence-corrected chi connectivity index (χ4v) is 4.98. The van der Waals surface area contributed by atoms with Crippen molar-refractivity contribution in [1.82, 2.24) is 5.01 Å². The molecule has 0 bridgehead atoms. The standard InChI is InChI=1S/C27H23N3O4S/c1-3-34-26(32)22-23(17-10-6-4-7-11-17)28-27-30(29-25(35-27)18-12-8-5-9-13-18)24(22)19-14-15-20(31)21(16-19)33-2/h4-16,24,31H,3H2,1-2H3. The van der Waals surface area contributed by atoms with Crippen molar-refractivity contribution >= 4 is 33.6 Å². The molecule has 0 saturated heterocycles. The SMILES string of the molecule is CCOC(=O)C1=C(c2ccccc2)N=C2SC(c3ccccc3)=NN2C1c1ccc(O)c(OC)c1. The first-order valence-corrected chi connectivity index (χ1v) is 12.0. The molecule has 1 atom stereocenters. The fourth-order valence-electron chi connectivity index (χ4n) is 4.05. The van der Waals surface area contributed by atoms with E-state index in [1.807, 2.05) is 60.7 Å². The molecule has 0 saturated carbocycles. The van der Waals surface area contributed by atoms with Gasteiger partial charge in [0.05, 0.1) is 25.0 Å². The van der Waals surface area contributed by atoms with E-state index >= 15 is 0 Å². The van der Waals surface area contributed by atoms with E-state index in [1.54, 1.807) is 30.1 Å². The van der Waals surface area contributed by atoms with Crippen LogP contribution < -0.4 is 4.74 Å². The molecule has 5 rings (SSSR count). The number of nitrogens with zero attached hydrogens (tertiary/aromatic N) is 3. The number of hydrogen-bond acceptors (Lipinski definition) is 8. The van der Waals surface area contributed by atoms with Crippen LogP contribution >= 0.6 is 11.8 Å². The van der Waals surface area contributed by atoms with Crippen molar-refractivity contribution in [3.63, 3.8) is 0 Å². The van der Waals surface area contributed by atoms with Crippen molar-refractivity contribution in [3.8, 4) is 11.5 Å². The Bertz CT molecular complexity index is 1350. The van der Waals surface area contributed by atoms with Gasteiger partial charge in [-0.05, 0) is 36.4 Å². The summed E-state index contributed by atoms with van der Waals surface area (Å²) in [6.07, 6.45) is 0. The summed E-state index contributed by atoms with van der Waals surface area (Å²) in [4.78, 5) is 18.3. The van der Waals surface area contributed by atoms with Gasteiger partial charge in [-0.25, -0.2) is 14.8 Å². The number of methoxy groups -OCH3 is 1. The molecule has 3 aromatic carbocycles. The van der Waals surface area contributed by atoms with Crippen LogP contribution in [0.15, 0.2) is 94.5 Å². The van der Waals surface area contributed by atoms with Crippen LogP contribution in [0.2, 0.25) is 0 Å². The van der Waals surface area contributed by atoms with Crippen molar-refractivity contribution in [2.24, 2.45) is 10.1 Å². The lowest BCUT2D eigenvalue weighted by atomic mass is 9.92. The maximum absolute atomic E-state index is 13.4. The molecule has 0 aromatic heterocycles.